The van der Waals surface area contributed by atoms with Crippen LogP contribution in [0, 0.1) is 21.4 Å². The summed E-state index contributed by atoms with van der Waals surface area (Å²) in [5.41, 5.74) is 1.94. The standard InChI is InChI=1S/C24H17Cl2N3O4/c25-21-11-18(10-19(13-27)24(30)28-14-16-4-2-1-3-5-16)12-22(26)23(21)33-15-17-6-8-20(9-7-17)29(31)32/h1-12H,14-15H2,(H,28,30)/b19-10-. The zero-order chi connectivity index (χ0) is 23.8. The van der Waals surface area contributed by atoms with E-state index in [1.807, 2.05) is 36.4 Å². The summed E-state index contributed by atoms with van der Waals surface area (Å²) in [5.74, 6) is -0.298. The molecule has 3 aromatic carbocycles. The SMILES string of the molecule is N#C/C(=C/c1cc(Cl)c(OCc2ccc([N+](=O)[O-])cc2)c(Cl)c1)C(=O)NCc1ccccc1. The minimum Gasteiger partial charge on any atom is -0.486 e. The number of hydrogen-bond acceptors (Lipinski definition) is 5. The molecule has 1 N–H and O–H groups in total. The molecule has 0 fully saturated rings. The number of non-ortho nitro benzene ring substituents is 1. The molecule has 0 saturated heterocycles. The van der Waals surface area contributed by atoms with Crippen molar-refractivity contribution in [3.8, 4) is 11.8 Å². The molecule has 7 nitrogen and oxygen atoms in total. The summed E-state index contributed by atoms with van der Waals surface area (Å²) in [6.45, 7) is 0.383. The Bertz CT molecular complexity index is 1210. The maximum atomic E-state index is 12.4. The number of nitriles is 1. The molecule has 0 unspecified atom stereocenters. The predicted octanol–water partition coefficient (Wildman–Crippen LogP) is 5.70. The number of carbonyl (C=O) groups excluding carboxylic acids is 1. The first kappa shape index (κ1) is 23.8. The number of carbonyl (C=O) groups is 1. The van der Waals surface area contributed by atoms with E-state index in [0.717, 1.165) is 5.56 Å². The maximum absolute atomic E-state index is 12.4. The highest BCUT2D eigenvalue weighted by Crippen LogP contribution is 2.35. The van der Waals surface area contributed by atoms with E-state index >= 15 is 0 Å². The monoisotopic (exact) mass is 481 g/mol. The molecule has 0 atom stereocenters. The summed E-state index contributed by atoms with van der Waals surface area (Å²) in [6.07, 6.45) is 1.39. The number of nitro benzene ring substituents is 1. The second kappa shape index (κ2) is 11.1. The van der Waals surface area contributed by atoms with Gasteiger partial charge in [-0.15, -0.1) is 0 Å². The van der Waals surface area contributed by atoms with Gasteiger partial charge in [0.2, 0.25) is 0 Å². The van der Waals surface area contributed by atoms with Crippen LogP contribution in [0.5, 0.6) is 5.75 Å². The Morgan fingerprint density at radius 1 is 1.06 bits per heavy atom. The lowest BCUT2D eigenvalue weighted by molar-refractivity contribution is -0.384. The van der Waals surface area contributed by atoms with Gasteiger partial charge in [-0.3, -0.25) is 14.9 Å². The number of benzene rings is 3. The van der Waals surface area contributed by atoms with Crippen LogP contribution in [0.2, 0.25) is 10.0 Å². The fourth-order valence-electron chi connectivity index (χ4n) is 2.86. The summed E-state index contributed by atoms with van der Waals surface area (Å²) in [6, 6.07) is 20.2. The molecule has 0 radical (unpaired) electrons. The molecule has 9 heteroatoms. The first-order chi connectivity index (χ1) is 15.9. The Balaban J connectivity index is 1.69. The fourth-order valence-corrected chi connectivity index (χ4v) is 3.47. The predicted molar refractivity (Wildman–Crippen MR) is 126 cm³/mol. The van der Waals surface area contributed by atoms with Crippen LogP contribution < -0.4 is 10.1 Å². The number of hydrogen-bond donors (Lipinski definition) is 1. The summed E-state index contributed by atoms with van der Waals surface area (Å²) < 4.78 is 5.68. The van der Waals surface area contributed by atoms with E-state index in [1.54, 1.807) is 12.1 Å². The van der Waals surface area contributed by atoms with Gasteiger partial charge < -0.3 is 10.1 Å². The van der Waals surface area contributed by atoms with Crippen LogP contribution in [0.3, 0.4) is 0 Å². The van der Waals surface area contributed by atoms with Gasteiger partial charge in [0.25, 0.3) is 11.6 Å². The number of rotatable bonds is 8. The molecule has 0 heterocycles. The lowest BCUT2D eigenvalue weighted by Gasteiger charge is -2.11. The topological polar surface area (TPSA) is 105 Å². The van der Waals surface area contributed by atoms with Crippen molar-refractivity contribution < 1.29 is 14.5 Å². The van der Waals surface area contributed by atoms with E-state index in [9.17, 15) is 20.2 Å². The van der Waals surface area contributed by atoms with Crippen molar-refractivity contribution in [1.82, 2.24) is 5.32 Å². The fraction of sp³-hybridized carbons (Fsp3) is 0.0833. The lowest BCUT2D eigenvalue weighted by atomic mass is 10.1. The summed E-state index contributed by atoms with van der Waals surface area (Å²) in [7, 11) is 0. The van der Waals surface area contributed by atoms with Crippen molar-refractivity contribution in [3.63, 3.8) is 0 Å². The van der Waals surface area contributed by atoms with Crippen LogP contribution in [0.4, 0.5) is 5.69 Å². The van der Waals surface area contributed by atoms with Gasteiger partial charge in [0, 0.05) is 18.7 Å². The first-order valence-electron chi connectivity index (χ1n) is 9.66. The molecule has 0 aliphatic heterocycles. The quantitative estimate of drug-likeness (QED) is 0.192. The number of nitrogens with zero attached hydrogens (tertiary/aromatic N) is 2. The molecule has 1 amide bonds. The van der Waals surface area contributed by atoms with Crippen LogP contribution in [0.1, 0.15) is 16.7 Å². The summed E-state index contributed by atoms with van der Waals surface area (Å²) >= 11 is 12.6. The molecule has 33 heavy (non-hydrogen) atoms. The van der Waals surface area contributed by atoms with E-state index in [2.05, 4.69) is 5.32 Å². The van der Waals surface area contributed by atoms with Crippen LogP contribution in [0.25, 0.3) is 6.08 Å². The van der Waals surface area contributed by atoms with Gasteiger partial charge in [0.15, 0.2) is 5.75 Å². The van der Waals surface area contributed by atoms with Crippen molar-refractivity contribution >= 4 is 40.9 Å². The van der Waals surface area contributed by atoms with E-state index in [1.165, 1.54) is 30.3 Å². The van der Waals surface area contributed by atoms with Crippen molar-refractivity contribution in [2.24, 2.45) is 0 Å². The van der Waals surface area contributed by atoms with Gasteiger partial charge >= 0.3 is 0 Å². The highest BCUT2D eigenvalue weighted by Gasteiger charge is 2.13. The molecule has 3 rings (SSSR count). The van der Waals surface area contributed by atoms with Gasteiger partial charge in [-0.2, -0.15) is 5.26 Å². The number of nitrogens with one attached hydrogen (secondary N) is 1. The van der Waals surface area contributed by atoms with Gasteiger partial charge in [-0.05, 0) is 47.0 Å². The molecule has 0 aliphatic carbocycles. The van der Waals surface area contributed by atoms with Gasteiger partial charge in [0.1, 0.15) is 18.2 Å². The molecular formula is C24H17Cl2N3O4. The Morgan fingerprint density at radius 3 is 2.27 bits per heavy atom. The van der Waals surface area contributed by atoms with Crippen LogP contribution in [-0.2, 0) is 17.9 Å². The molecule has 3 aromatic rings. The molecule has 0 aromatic heterocycles. The van der Waals surface area contributed by atoms with Gasteiger partial charge in [-0.1, -0.05) is 53.5 Å². The lowest BCUT2D eigenvalue weighted by Crippen LogP contribution is -2.23. The highest BCUT2D eigenvalue weighted by atomic mass is 35.5. The first-order valence-corrected chi connectivity index (χ1v) is 10.4. The number of nitro groups is 1. The van der Waals surface area contributed by atoms with Crippen molar-refractivity contribution in [2.75, 3.05) is 0 Å². The molecule has 0 saturated carbocycles. The molecule has 0 aliphatic rings. The zero-order valence-corrected chi connectivity index (χ0v) is 18.6. The van der Waals surface area contributed by atoms with E-state index in [4.69, 9.17) is 27.9 Å². The Kier molecular flexibility index (Phi) is 8.03. The van der Waals surface area contributed by atoms with Crippen molar-refractivity contribution in [2.45, 2.75) is 13.2 Å². The average molecular weight is 482 g/mol. The molecule has 0 spiro atoms. The van der Waals surface area contributed by atoms with Crippen molar-refractivity contribution in [1.29, 1.82) is 5.26 Å². The second-order valence-electron chi connectivity index (χ2n) is 6.86. The highest BCUT2D eigenvalue weighted by molar-refractivity contribution is 6.37. The molecular weight excluding hydrogens is 465 g/mol. The number of amides is 1. The Labute approximate surface area is 200 Å². The van der Waals surface area contributed by atoms with Crippen LogP contribution in [0.15, 0.2) is 72.3 Å². The summed E-state index contributed by atoms with van der Waals surface area (Å²) in [4.78, 5) is 22.6. The Morgan fingerprint density at radius 2 is 1.70 bits per heavy atom. The third-order valence-corrected chi connectivity index (χ3v) is 5.08. The smallest absolute Gasteiger partial charge is 0.269 e. The van der Waals surface area contributed by atoms with Gasteiger partial charge in [-0.25, -0.2) is 0 Å². The van der Waals surface area contributed by atoms with E-state index in [0.29, 0.717) is 11.1 Å². The van der Waals surface area contributed by atoms with Gasteiger partial charge in [0.05, 0.1) is 15.0 Å². The van der Waals surface area contributed by atoms with Crippen LogP contribution >= 0.6 is 23.2 Å². The minimum atomic E-state index is -0.521. The third-order valence-electron chi connectivity index (χ3n) is 4.52. The van der Waals surface area contributed by atoms with Crippen molar-refractivity contribution in [3.05, 3.63) is 109 Å². The normalized spacial score (nSPS) is 10.9. The largest absolute Gasteiger partial charge is 0.486 e. The van der Waals surface area contributed by atoms with E-state index < -0.39 is 10.8 Å². The third kappa shape index (κ3) is 6.56. The minimum absolute atomic E-state index is 0.0212. The number of ether oxygens (including phenoxy) is 1. The molecule has 0 bridgehead atoms. The Hall–Kier alpha value is -3.86. The van der Waals surface area contributed by atoms with E-state index in [-0.39, 0.29) is 40.2 Å². The molecule has 166 valence electrons. The summed E-state index contributed by atoms with van der Waals surface area (Å²) in [5, 5.41) is 23.2. The number of halogens is 2. The zero-order valence-electron chi connectivity index (χ0n) is 17.1. The average Bonchev–Trinajstić information content (AvgIpc) is 2.81. The second-order valence-corrected chi connectivity index (χ2v) is 7.68. The van der Waals surface area contributed by atoms with Crippen LogP contribution in [-0.4, -0.2) is 10.8 Å². The maximum Gasteiger partial charge on any atom is 0.269 e.